The van der Waals surface area contributed by atoms with Crippen LogP contribution in [0.2, 0.25) is 0 Å². The van der Waals surface area contributed by atoms with Crippen molar-refractivity contribution in [2.75, 3.05) is 40.4 Å². The molecule has 1 aliphatic heterocycles. The van der Waals surface area contributed by atoms with Gasteiger partial charge in [-0.15, -0.1) is 0 Å². The van der Waals surface area contributed by atoms with Crippen molar-refractivity contribution in [3.05, 3.63) is 64.7 Å². The molecule has 1 heterocycles. The van der Waals surface area contributed by atoms with Gasteiger partial charge in [0.25, 0.3) is 11.7 Å². The second-order valence-corrected chi connectivity index (χ2v) is 9.83. The molecule has 7 nitrogen and oxygen atoms in total. The van der Waals surface area contributed by atoms with Gasteiger partial charge in [0, 0.05) is 12.1 Å². The molecule has 0 aromatic heterocycles. The Kier molecular flexibility index (Phi) is 9.15. The van der Waals surface area contributed by atoms with Gasteiger partial charge in [0.1, 0.15) is 17.3 Å². The third kappa shape index (κ3) is 6.26. The van der Waals surface area contributed by atoms with E-state index in [4.69, 9.17) is 9.47 Å². The highest BCUT2D eigenvalue weighted by atomic mass is 16.5. The molecule has 36 heavy (non-hydrogen) atoms. The van der Waals surface area contributed by atoms with Crippen molar-refractivity contribution in [2.45, 2.75) is 40.2 Å². The smallest absolute Gasteiger partial charge is 0.295 e. The summed E-state index contributed by atoms with van der Waals surface area (Å²) < 4.78 is 11.4. The quantitative estimate of drug-likeness (QED) is 0.275. The fourth-order valence-electron chi connectivity index (χ4n) is 4.33. The molecule has 0 aliphatic carbocycles. The van der Waals surface area contributed by atoms with E-state index in [1.165, 1.54) is 0 Å². The number of ether oxygens (including phenoxy) is 2. The maximum atomic E-state index is 13.3. The number of rotatable bonds is 11. The van der Waals surface area contributed by atoms with Crippen molar-refractivity contribution < 1.29 is 24.2 Å². The predicted molar refractivity (Wildman–Crippen MR) is 141 cm³/mol. The normalized spacial score (nSPS) is 17.3. The number of aliphatic hydroxyl groups is 1. The lowest BCUT2D eigenvalue weighted by atomic mass is 9.93. The number of hydrogen-bond donors (Lipinski definition) is 1. The fraction of sp³-hybridized carbons (Fsp3) is 0.448. The van der Waals surface area contributed by atoms with Crippen LogP contribution in [0.15, 0.2) is 48.0 Å². The summed E-state index contributed by atoms with van der Waals surface area (Å²) >= 11 is 0. The number of Topliss-reactive ketones (excluding diaryl/α,β-unsaturated/α-hetero) is 1. The Morgan fingerprint density at radius 3 is 2.31 bits per heavy atom. The topological polar surface area (TPSA) is 79.3 Å². The minimum Gasteiger partial charge on any atom is -0.507 e. The number of likely N-dealkylation sites (tertiary alicyclic amines) is 1. The van der Waals surface area contributed by atoms with Crippen molar-refractivity contribution in [2.24, 2.45) is 5.92 Å². The minimum absolute atomic E-state index is 0.105. The average molecular weight is 495 g/mol. The van der Waals surface area contributed by atoms with Gasteiger partial charge in [-0.05, 0) is 88.3 Å². The van der Waals surface area contributed by atoms with Gasteiger partial charge in [0.15, 0.2) is 0 Å². The van der Waals surface area contributed by atoms with E-state index in [0.29, 0.717) is 49.2 Å². The first-order chi connectivity index (χ1) is 17.1. The van der Waals surface area contributed by atoms with Crippen LogP contribution >= 0.6 is 0 Å². The molecule has 3 rings (SSSR count). The van der Waals surface area contributed by atoms with Gasteiger partial charge < -0.3 is 24.4 Å². The molecule has 1 fully saturated rings. The van der Waals surface area contributed by atoms with E-state index < -0.39 is 17.7 Å². The van der Waals surface area contributed by atoms with Crippen molar-refractivity contribution >= 4 is 17.4 Å². The zero-order valence-corrected chi connectivity index (χ0v) is 22.2. The van der Waals surface area contributed by atoms with Gasteiger partial charge in [-0.1, -0.05) is 26.0 Å². The summed E-state index contributed by atoms with van der Waals surface area (Å²) in [4.78, 5) is 30.0. The van der Waals surface area contributed by atoms with E-state index in [0.717, 1.165) is 17.7 Å². The highest BCUT2D eigenvalue weighted by Crippen LogP contribution is 2.40. The Morgan fingerprint density at radius 1 is 1.06 bits per heavy atom. The fourth-order valence-corrected chi connectivity index (χ4v) is 4.33. The number of aryl methyl sites for hydroxylation is 1. The van der Waals surface area contributed by atoms with Crippen LogP contribution in [-0.4, -0.2) is 67.0 Å². The number of hydrogen-bond acceptors (Lipinski definition) is 6. The highest BCUT2D eigenvalue weighted by molar-refractivity contribution is 6.46. The van der Waals surface area contributed by atoms with E-state index in [1.807, 2.05) is 63.2 Å². The lowest BCUT2D eigenvalue weighted by molar-refractivity contribution is -0.139. The third-order valence-corrected chi connectivity index (χ3v) is 6.09. The minimum atomic E-state index is -0.681. The third-order valence-electron chi connectivity index (χ3n) is 6.09. The molecule has 1 aliphatic rings. The van der Waals surface area contributed by atoms with Crippen LogP contribution in [0.25, 0.3) is 5.76 Å². The van der Waals surface area contributed by atoms with Crippen molar-refractivity contribution in [3.8, 4) is 11.5 Å². The molecule has 0 bridgehead atoms. The predicted octanol–water partition coefficient (Wildman–Crippen LogP) is 4.80. The highest BCUT2D eigenvalue weighted by Gasteiger charge is 2.45. The maximum absolute atomic E-state index is 13.3. The number of aliphatic hydroxyl groups excluding tert-OH is 1. The molecule has 1 saturated heterocycles. The molecular weight excluding hydrogens is 456 g/mol. The summed E-state index contributed by atoms with van der Waals surface area (Å²) in [6, 6.07) is 12.0. The van der Waals surface area contributed by atoms with Crippen LogP contribution in [0.3, 0.4) is 0 Å². The van der Waals surface area contributed by atoms with Gasteiger partial charge in [-0.3, -0.25) is 9.59 Å². The summed E-state index contributed by atoms with van der Waals surface area (Å²) in [5, 5.41) is 11.4. The Morgan fingerprint density at radius 2 is 1.72 bits per heavy atom. The van der Waals surface area contributed by atoms with Gasteiger partial charge in [-0.2, -0.15) is 0 Å². The largest absolute Gasteiger partial charge is 0.507 e. The van der Waals surface area contributed by atoms with E-state index in [1.54, 1.807) is 17.0 Å². The van der Waals surface area contributed by atoms with Crippen LogP contribution in [0.1, 0.15) is 49.9 Å². The molecule has 2 aromatic carbocycles. The van der Waals surface area contributed by atoms with Crippen molar-refractivity contribution in [1.29, 1.82) is 0 Å². The Labute approximate surface area is 214 Å². The van der Waals surface area contributed by atoms with Crippen LogP contribution in [-0.2, 0) is 9.59 Å². The number of nitrogens with zero attached hydrogens (tertiary/aromatic N) is 2. The van der Waals surface area contributed by atoms with E-state index in [2.05, 4.69) is 13.8 Å². The summed E-state index contributed by atoms with van der Waals surface area (Å²) in [6.45, 7) is 10.2. The van der Waals surface area contributed by atoms with Crippen molar-refractivity contribution in [1.82, 2.24) is 9.80 Å². The van der Waals surface area contributed by atoms with Gasteiger partial charge in [0.05, 0.1) is 24.8 Å². The monoisotopic (exact) mass is 494 g/mol. The number of benzene rings is 2. The number of amides is 1. The first kappa shape index (κ1) is 27.3. The van der Waals surface area contributed by atoms with Crippen molar-refractivity contribution in [3.63, 3.8) is 0 Å². The maximum Gasteiger partial charge on any atom is 0.295 e. The van der Waals surface area contributed by atoms with Gasteiger partial charge in [-0.25, -0.2) is 0 Å². The van der Waals surface area contributed by atoms with Crippen LogP contribution in [0.4, 0.5) is 0 Å². The lowest BCUT2D eigenvalue weighted by Gasteiger charge is -2.26. The molecule has 1 amide bonds. The van der Waals surface area contributed by atoms with E-state index in [-0.39, 0.29) is 11.3 Å². The zero-order valence-electron chi connectivity index (χ0n) is 22.2. The Bertz CT molecular complexity index is 1110. The zero-order chi connectivity index (χ0) is 26.4. The SMILES string of the molecule is CCOc1ccc(C2/C(=C(\O)c3ccc(OCC(C)C)cc3C)C(=O)C(=O)N2CCCN(C)C)cc1. The van der Waals surface area contributed by atoms with E-state index >= 15 is 0 Å². The second kappa shape index (κ2) is 12.1. The first-order valence-electron chi connectivity index (χ1n) is 12.5. The first-order valence-corrected chi connectivity index (χ1v) is 12.5. The number of carbonyl (C=O) groups is 2. The molecular formula is C29H38N2O5. The number of carbonyl (C=O) groups excluding carboxylic acids is 2. The molecule has 194 valence electrons. The Hall–Kier alpha value is -3.32. The molecule has 7 heteroatoms. The summed E-state index contributed by atoms with van der Waals surface area (Å²) in [6.07, 6.45) is 0.703. The summed E-state index contributed by atoms with van der Waals surface area (Å²) in [5.41, 5.74) is 2.12. The summed E-state index contributed by atoms with van der Waals surface area (Å²) in [7, 11) is 3.94. The molecule has 2 aromatic rings. The molecule has 1 unspecified atom stereocenters. The Balaban J connectivity index is 2.04. The summed E-state index contributed by atoms with van der Waals surface area (Å²) in [5.74, 6) is 0.356. The molecule has 0 spiro atoms. The van der Waals surface area contributed by atoms with Gasteiger partial charge in [0.2, 0.25) is 0 Å². The van der Waals surface area contributed by atoms with E-state index in [9.17, 15) is 14.7 Å². The molecule has 1 atom stereocenters. The number of ketones is 1. The lowest BCUT2D eigenvalue weighted by Crippen LogP contribution is -2.32. The van der Waals surface area contributed by atoms with Crippen LogP contribution < -0.4 is 9.47 Å². The van der Waals surface area contributed by atoms with Crippen LogP contribution in [0.5, 0.6) is 11.5 Å². The second-order valence-electron chi connectivity index (χ2n) is 9.83. The van der Waals surface area contributed by atoms with Crippen LogP contribution in [0, 0.1) is 12.8 Å². The van der Waals surface area contributed by atoms with Gasteiger partial charge >= 0.3 is 0 Å². The standard InChI is InChI=1S/C29H38N2O5/c1-7-35-22-11-9-21(10-12-22)26-25(28(33)29(34)31(26)16-8-15-30(5)6)27(32)24-14-13-23(17-20(24)4)36-18-19(2)3/h9-14,17,19,26,32H,7-8,15-16,18H2,1-6H3/b27-25+. The average Bonchev–Trinajstić information content (AvgIpc) is 3.08. The molecule has 0 saturated carbocycles. The molecule has 1 N–H and O–H groups in total. The molecule has 0 radical (unpaired) electrons.